The van der Waals surface area contributed by atoms with Crippen molar-refractivity contribution < 1.29 is 4.74 Å². The molecule has 2 nitrogen and oxygen atoms in total. The van der Waals surface area contributed by atoms with E-state index in [1.165, 1.54) is 5.56 Å². The highest BCUT2D eigenvalue weighted by atomic mass is 79.9. The van der Waals surface area contributed by atoms with Crippen LogP contribution in [0.4, 0.5) is 5.69 Å². The van der Waals surface area contributed by atoms with Crippen LogP contribution < -0.4 is 10.1 Å². The van der Waals surface area contributed by atoms with E-state index < -0.39 is 0 Å². The second-order valence-corrected chi connectivity index (χ2v) is 4.14. The Hall–Kier alpha value is -0.700. The van der Waals surface area contributed by atoms with E-state index in [2.05, 4.69) is 40.3 Å². The first kappa shape index (κ1) is 8.88. The molecule has 3 heteroatoms. The molecule has 1 aliphatic heterocycles. The van der Waals surface area contributed by atoms with E-state index in [1.54, 1.807) is 0 Å². The molecule has 0 atom stereocenters. The van der Waals surface area contributed by atoms with Gasteiger partial charge in [0.1, 0.15) is 5.75 Å². The van der Waals surface area contributed by atoms with E-state index in [-0.39, 0.29) is 0 Å². The minimum Gasteiger partial charge on any atom is -0.491 e. The molecule has 70 valence electrons. The fraction of sp³-hybridized carbons (Fsp3) is 0.400. The summed E-state index contributed by atoms with van der Waals surface area (Å²) in [5, 5.41) is 3.35. The number of anilines is 1. The summed E-state index contributed by atoms with van der Waals surface area (Å²) in [4.78, 5) is 0. The van der Waals surface area contributed by atoms with E-state index in [9.17, 15) is 0 Å². The molecule has 0 radical (unpaired) electrons. The SMILES string of the molecule is Cc1cc(Br)cc2c1OCCCN2. The van der Waals surface area contributed by atoms with Gasteiger partial charge in [-0.15, -0.1) is 0 Å². The summed E-state index contributed by atoms with van der Waals surface area (Å²) in [5.74, 6) is 1.00. The lowest BCUT2D eigenvalue weighted by Gasteiger charge is -2.10. The van der Waals surface area contributed by atoms with E-state index in [0.29, 0.717) is 0 Å². The van der Waals surface area contributed by atoms with Crippen LogP contribution in [0.3, 0.4) is 0 Å². The molecular weight excluding hydrogens is 230 g/mol. The maximum absolute atomic E-state index is 5.65. The second kappa shape index (κ2) is 3.58. The maximum atomic E-state index is 5.65. The number of fused-ring (bicyclic) bond motifs is 1. The Bertz CT molecular complexity index is 325. The van der Waals surface area contributed by atoms with Gasteiger partial charge in [-0.1, -0.05) is 15.9 Å². The Balaban J connectivity index is 2.47. The van der Waals surface area contributed by atoms with Gasteiger partial charge in [0.15, 0.2) is 0 Å². The molecule has 0 aliphatic carbocycles. The van der Waals surface area contributed by atoms with Crippen LogP contribution in [0, 0.1) is 6.92 Å². The molecule has 0 unspecified atom stereocenters. The molecule has 2 rings (SSSR count). The minimum absolute atomic E-state index is 0.808. The van der Waals surface area contributed by atoms with Gasteiger partial charge in [-0.3, -0.25) is 0 Å². The van der Waals surface area contributed by atoms with Crippen molar-refractivity contribution in [2.75, 3.05) is 18.5 Å². The highest BCUT2D eigenvalue weighted by Gasteiger charge is 2.11. The molecule has 0 saturated heterocycles. The Morgan fingerprint density at radius 2 is 2.31 bits per heavy atom. The van der Waals surface area contributed by atoms with Gasteiger partial charge in [-0.2, -0.15) is 0 Å². The molecule has 0 spiro atoms. The second-order valence-electron chi connectivity index (χ2n) is 3.23. The summed E-state index contributed by atoms with van der Waals surface area (Å²) >= 11 is 3.47. The first-order chi connectivity index (χ1) is 6.27. The van der Waals surface area contributed by atoms with Gasteiger partial charge in [0.05, 0.1) is 12.3 Å². The number of nitrogens with one attached hydrogen (secondary N) is 1. The van der Waals surface area contributed by atoms with Crippen LogP contribution in [-0.2, 0) is 0 Å². The van der Waals surface area contributed by atoms with Crippen molar-refractivity contribution in [3.63, 3.8) is 0 Å². The average molecular weight is 242 g/mol. The van der Waals surface area contributed by atoms with E-state index in [4.69, 9.17) is 4.74 Å². The topological polar surface area (TPSA) is 21.3 Å². The first-order valence-electron chi connectivity index (χ1n) is 4.44. The highest BCUT2D eigenvalue weighted by Crippen LogP contribution is 2.33. The van der Waals surface area contributed by atoms with Gasteiger partial charge in [-0.05, 0) is 31.0 Å². The van der Waals surface area contributed by atoms with E-state index >= 15 is 0 Å². The summed E-state index contributed by atoms with van der Waals surface area (Å²) < 4.78 is 6.75. The predicted molar refractivity (Wildman–Crippen MR) is 57.5 cm³/mol. The van der Waals surface area contributed by atoms with Gasteiger partial charge in [0.2, 0.25) is 0 Å². The summed E-state index contributed by atoms with van der Waals surface area (Å²) in [7, 11) is 0. The molecule has 0 bridgehead atoms. The molecule has 1 aliphatic rings. The van der Waals surface area contributed by atoms with Crippen LogP contribution >= 0.6 is 15.9 Å². The van der Waals surface area contributed by atoms with Crippen LogP contribution in [0.2, 0.25) is 0 Å². The van der Waals surface area contributed by atoms with Crippen molar-refractivity contribution in [1.29, 1.82) is 0 Å². The molecule has 1 heterocycles. The van der Waals surface area contributed by atoms with Crippen LogP contribution in [0.25, 0.3) is 0 Å². The third-order valence-electron chi connectivity index (χ3n) is 2.12. The number of halogens is 1. The van der Waals surface area contributed by atoms with Crippen LogP contribution in [0.1, 0.15) is 12.0 Å². The number of ether oxygens (including phenoxy) is 1. The summed E-state index contributed by atoms with van der Waals surface area (Å²) in [5.41, 5.74) is 2.28. The number of aryl methyl sites for hydroxylation is 1. The van der Waals surface area contributed by atoms with Gasteiger partial charge >= 0.3 is 0 Å². The lowest BCUT2D eigenvalue weighted by Crippen LogP contribution is -1.99. The van der Waals surface area contributed by atoms with Crippen molar-refractivity contribution >= 4 is 21.6 Å². The summed E-state index contributed by atoms with van der Waals surface area (Å²) in [6.07, 6.45) is 1.06. The lowest BCUT2D eigenvalue weighted by atomic mass is 10.2. The van der Waals surface area contributed by atoms with Gasteiger partial charge in [-0.25, -0.2) is 0 Å². The Morgan fingerprint density at radius 1 is 1.46 bits per heavy atom. The zero-order valence-electron chi connectivity index (χ0n) is 7.56. The zero-order chi connectivity index (χ0) is 9.26. The normalized spacial score (nSPS) is 15.2. The Morgan fingerprint density at radius 3 is 3.15 bits per heavy atom. The molecule has 1 aromatic carbocycles. The minimum atomic E-state index is 0.808. The van der Waals surface area contributed by atoms with Gasteiger partial charge in [0.25, 0.3) is 0 Å². The standard InChI is InChI=1S/C10H12BrNO/c1-7-5-8(11)6-9-10(7)13-4-2-3-12-9/h5-6,12H,2-4H2,1H3. The molecule has 0 amide bonds. The van der Waals surface area contributed by atoms with Crippen molar-refractivity contribution in [3.8, 4) is 5.75 Å². The molecule has 13 heavy (non-hydrogen) atoms. The lowest BCUT2D eigenvalue weighted by molar-refractivity contribution is 0.321. The number of hydrogen-bond donors (Lipinski definition) is 1. The third kappa shape index (κ3) is 1.80. The predicted octanol–water partition coefficient (Wildman–Crippen LogP) is 2.95. The van der Waals surface area contributed by atoms with Crippen molar-refractivity contribution in [3.05, 3.63) is 22.2 Å². The molecule has 0 fully saturated rings. The fourth-order valence-electron chi connectivity index (χ4n) is 1.52. The average Bonchev–Trinajstić information content (AvgIpc) is 2.28. The smallest absolute Gasteiger partial charge is 0.145 e. The number of benzene rings is 1. The molecule has 0 saturated carbocycles. The number of hydrogen-bond acceptors (Lipinski definition) is 2. The Labute approximate surface area is 86.4 Å². The molecule has 0 aromatic heterocycles. The van der Waals surface area contributed by atoms with Crippen LogP contribution in [0.5, 0.6) is 5.75 Å². The quantitative estimate of drug-likeness (QED) is 0.755. The van der Waals surface area contributed by atoms with Gasteiger partial charge in [0, 0.05) is 11.0 Å². The highest BCUT2D eigenvalue weighted by molar-refractivity contribution is 9.10. The van der Waals surface area contributed by atoms with Crippen LogP contribution in [-0.4, -0.2) is 13.2 Å². The third-order valence-corrected chi connectivity index (χ3v) is 2.58. The largest absolute Gasteiger partial charge is 0.491 e. The summed E-state index contributed by atoms with van der Waals surface area (Å²) in [6, 6.07) is 4.14. The van der Waals surface area contributed by atoms with Crippen molar-refractivity contribution in [1.82, 2.24) is 0 Å². The first-order valence-corrected chi connectivity index (χ1v) is 5.23. The monoisotopic (exact) mass is 241 g/mol. The molecule has 1 N–H and O–H groups in total. The molecule has 1 aromatic rings. The summed E-state index contributed by atoms with van der Waals surface area (Å²) in [6.45, 7) is 3.86. The van der Waals surface area contributed by atoms with E-state index in [1.807, 2.05) is 0 Å². The maximum Gasteiger partial charge on any atom is 0.145 e. The van der Waals surface area contributed by atoms with Crippen LogP contribution in [0.15, 0.2) is 16.6 Å². The fourth-order valence-corrected chi connectivity index (χ4v) is 2.09. The number of rotatable bonds is 0. The molecular formula is C10H12BrNO. The Kier molecular flexibility index (Phi) is 2.44. The van der Waals surface area contributed by atoms with E-state index in [0.717, 1.165) is 35.5 Å². The van der Waals surface area contributed by atoms with Crippen molar-refractivity contribution in [2.24, 2.45) is 0 Å². The van der Waals surface area contributed by atoms with Crippen molar-refractivity contribution in [2.45, 2.75) is 13.3 Å². The zero-order valence-corrected chi connectivity index (χ0v) is 9.15. The van der Waals surface area contributed by atoms with Gasteiger partial charge < -0.3 is 10.1 Å².